The molecule has 0 aliphatic rings. The zero-order valence-corrected chi connectivity index (χ0v) is 39.5. The van der Waals surface area contributed by atoms with Crippen LogP contribution in [-0.4, -0.2) is 37.2 Å². The molecular weight excluding hydrogens is 745 g/mol. The first-order valence-electron chi connectivity index (χ1n) is 25.3. The summed E-state index contributed by atoms with van der Waals surface area (Å²) in [4.78, 5) is 37.7. The third kappa shape index (κ3) is 46.2. The summed E-state index contributed by atoms with van der Waals surface area (Å²) in [5, 5.41) is 0. The van der Waals surface area contributed by atoms with Crippen LogP contribution >= 0.6 is 0 Å². The summed E-state index contributed by atoms with van der Waals surface area (Å²) in [5.41, 5.74) is 0. The minimum absolute atomic E-state index is 0.0828. The Bertz CT molecular complexity index is 1100. The van der Waals surface area contributed by atoms with Gasteiger partial charge in [-0.25, -0.2) is 0 Å². The first-order chi connectivity index (χ1) is 29.5. The summed E-state index contributed by atoms with van der Waals surface area (Å²) >= 11 is 0. The molecule has 1 unspecified atom stereocenters. The van der Waals surface area contributed by atoms with E-state index in [2.05, 4.69) is 81.5 Å². The van der Waals surface area contributed by atoms with E-state index >= 15 is 0 Å². The van der Waals surface area contributed by atoms with E-state index in [9.17, 15) is 14.4 Å². The van der Waals surface area contributed by atoms with Crippen LogP contribution in [0.4, 0.5) is 0 Å². The van der Waals surface area contributed by atoms with E-state index in [4.69, 9.17) is 14.2 Å². The van der Waals surface area contributed by atoms with Crippen molar-refractivity contribution in [1.29, 1.82) is 0 Å². The van der Waals surface area contributed by atoms with Crippen LogP contribution in [-0.2, 0) is 28.6 Å². The lowest BCUT2D eigenvalue weighted by Gasteiger charge is -2.18. The van der Waals surface area contributed by atoms with Gasteiger partial charge >= 0.3 is 17.9 Å². The molecule has 0 aliphatic carbocycles. The predicted molar refractivity (Wildman–Crippen MR) is 256 cm³/mol. The summed E-state index contributed by atoms with van der Waals surface area (Å²) in [6.07, 6.45) is 59.4. The average molecular weight is 839 g/mol. The Morgan fingerprint density at radius 1 is 0.350 bits per heavy atom. The summed E-state index contributed by atoms with van der Waals surface area (Å²) in [6.45, 7) is 6.44. The predicted octanol–water partition coefficient (Wildman–Crippen LogP) is 16.5. The van der Waals surface area contributed by atoms with E-state index in [0.717, 1.165) is 103 Å². The van der Waals surface area contributed by atoms with Gasteiger partial charge in [0.05, 0.1) is 0 Å². The first-order valence-corrected chi connectivity index (χ1v) is 25.3. The van der Waals surface area contributed by atoms with Crippen LogP contribution in [0.1, 0.15) is 245 Å². The zero-order valence-electron chi connectivity index (χ0n) is 39.5. The molecule has 0 N–H and O–H groups in total. The number of ether oxygens (including phenoxy) is 3. The Kier molecular flexibility index (Phi) is 46.4. The summed E-state index contributed by atoms with van der Waals surface area (Å²) in [6, 6.07) is 0. The van der Waals surface area contributed by atoms with Crippen LogP contribution in [0.5, 0.6) is 0 Å². The van der Waals surface area contributed by atoms with Gasteiger partial charge in [0, 0.05) is 19.3 Å². The fourth-order valence-corrected chi connectivity index (χ4v) is 6.96. The molecule has 0 saturated carbocycles. The second-order valence-electron chi connectivity index (χ2n) is 16.7. The molecule has 0 heterocycles. The van der Waals surface area contributed by atoms with Crippen molar-refractivity contribution in [2.75, 3.05) is 13.2 Å². The van der Waals surface area contributed by atoms with Gasteiger partial charge in [-0.2, -0.15) is 0 Å². The van der Waals surface area contributed by atoms with Gasteiger partial charge in [-0.1, -0.05) is 204 Å². The molecule has 0 spiro atoms. The zero-order chi connectivity index (χ0) is 43.7. The minimum Gasteiger partial charge on any atom is -0.462 e. The van der Waals surface area contributed by atoms with Crippen molar-refractivity contribution in [2.24, 2.45) is 0 Å². The number of allylic oxidation sites excluding steroid dienone is 10. The van der Waals surface area contributed by atoms with Crippen LogP contribution in [0, 0.1) is 0 Å². The Morgan fingerprint density at radius 3 is 1.02 bits per heavy atom. The second-order valence-corrected chi connectivity index (χ2v) is 16.7. The lowest BCUT2D eigenvalue weighted by molar-refractivity contribution is -0.167. The number of esters is 3. The third-order valence-electron chi connectivity index (χ3n) is 10.8. The SMILES string of the molecule is CC/C=C\C/C=C\C/C=C\CCCCCCCC(=O)OC(COC(=O)CCCCCCCC)COC(=O)CCCCCCCCCCC/C=C\C/C=C\CCCCCCC. The molecule has 6 heteroatoms. The van der Waals surface area contributed by atoms with Crippen molar-refractivity contribution >= 4 is 17.9 Å². The number of carbonyl (C=O) groups is 3. The molecule has 0 amide bonds. The van der Waals surface area contributed by atoms with Gasteiger partial charge in [0.15, 0.2) is 6.10 Å². The largest absolute Gasteiger partial charge is 0.462 e. The number of hydrogen-bond donors (Lipinski definition) is 0. The molecule has 0 aromatic heterocycles. The smallest absolute Gasteiger partial charge is 0.306 e. The minimum atomic E-state index is -0.780. The number of rotatable bonds is 45. The standard InChI is InChI=1S/C54H94O6/c1-4-7-10-13-16-18-20-22-24-25-26-27-28-29-31-32-34-36-38-41-44-47-53(56)59-50-51(49-58-52(55)46-43-40-15-12-9-6-3)60-54(57)48-45-42-39-37-35-33-30-23-21-19-17-14-11-8-5-2/h8,11,17,19-20,22-23,25-26,30,51H,4-7,9-10,12-16,18,21,24,27-29,31-50H2,1-3H3/b11-8-,19-17-,22-20-,26-25-,30-23-. The van der Waals surface area contributed by atoms with Gasteiger partial charge in [-0.05, 0) is 83.5 Å². The second kappa shape index (κ2) is 48.8. The van der Waals surface area contributed by atoms with E-state index in [1.165, 1.54) is 103 Å². The number of unbranched alkanes of at least 4 members (excludes halogenated alkanes) is 24. The summed E-state index contributed by atoms with van der Waals surface area (Å²) < 4.78 is 16.7. The van der Waals surface area contributed by atoms with Crippen LogP contribution in [0.25, 0.3) is 0 Å². The molecule has 0 bridgehead atoms. The Morgan fingerprint density at radius 2 is 0.650 bits per heavy atom. The quantitative estimate of drug-likeness (QED) is 0.0263. The maximum Gasteiger partial charge on any atom is 0.306 e. The first kappa shape index (κ1) is 57.1. The van der Waals surface area contributed by atoms with Crippen molar-refractivity contribution in [3.63, 3.8) is 0 Å². The molecule has 0 radical (unpaired) electrons. The van der Waals surface area contributed by atoms with E-state index in [1.807, 2.05) is 0 Å². The van der Waals surface area contributed by atoms with Crippen LogP contribution in [0.15, 0.2) is 60.8 Å². The Balaban J connectivity index is 4.21. The van der Waals surface area contributed by atoms with Crippen molar-refractivity contribution in [1.82, 2.24) is 0 Å². The fraction of sp³-hybridized carbons (Fsp3) is 0.759. The van der Waals surface area contributed by atoms with Gasteiger partial charge in [-0.3, -0.25) is 14.4 Å². The van der Waals surface area contributed by atoms with Crippen LogP contribution in [0.2, 0.25) is 0 Å². The molecule has 1 atom stereocenters. The highest BCUT2D eigenvalue weighted by Crippen LogP contribution is 2.14. The van der Waals surface area contributed by atoms with E-state index in [0.29, 0.717) is 19.3 Å². The van der Waals surface area contributed by atoms with E-state index in [-0.39, 0.29) is 31.1 Å². The maximum atomic E-state index is 12.7. The Labute approximate surface area is 370 Å². The maximum absolute atomic E-state index is 12.7. The third-order valence-corrected chi connectivity index (χ3v) is 10.8. The number of carbonyl (C=O) groups excluding carboxylic acids is 3. The highest BCUT2D eigenvalue weighted by atomic mass is 16.6. The topological polar surface area (TPSA) is 78.9 Å². The fourth-order valence-electron chi connectivity index (χ4n) is 6.96. The van der Waals surface area contributed by atoms with Crippen molar-refractivity contribution in [3.05, 3.63) is 60.8 Å². The van der Waals surface area contributed by atoms with Gasteiger partial charge in [-0.15, -0.1) is 0 Å². The van der Waals surface area contributed by atoms with Gasteiger partial charge in [0.1, 0.15) is 13.2 Å². The number of hydrogen-bond acceptors (Lipinski definition) is 6. The molecule has 346 valence electrons. The lowest BCUT2D eigenvalue weighted by atomic mass is 10.1. The highest BCUT2D eigenvalue weighted by Gasteiger charge is 2.19. The van der Waals surface area contributed by atoms with Gasteiger partial charge < -0.3 is 14.2 Å². The lowest BCUT2D eigenvalue weighted by Crippen LogP contribution is -2.30. The normalized spacial score (nSPS) is 12.5. The molecule has 0 aromatic carbocycles. The molecule has 6 nitrogen and oxygen atoms in total. The summed E-state index contributed by atoms with van der Waals surface area (Å²) in [7, 11) is 0. The van der Waals surface area contributed by atoms with Crippen molar-refractivity contribution in [3.8, 4) is 0 Å². The van der Waals surface area contributed by atoms with Crippen LogP contribution in [0.3, 0.4) is 0 Å². The molecule has 0 rings (SSSR count). The monoisotopic (exact) mass is 839 g/mol. The van der Waals surface area contributed by atoms with Crippen molar-refractivity contribution < 1.29 is 28.6 Å². The molecule has 0 aliphatic heterocycles. The molecule has 0 saturated heterocycles. The molecule has 0 aromatic rings. The van der Waals surface area contributed by atoms with Gasteiger partial charge in [0.2, 0.25) is 0 Å². The average Bonchev–Trinajstić information content (AvgIpc) is 3.24. The molecule has 60 heavy (non-hydrogen) atoms. The highest BCUT2D eigenvalue weighted by molar-refractivity contribution is 5.71. The van der Waals surface area contributed by atoms with Crippen LogP contribution < -0.4 is 0 Å². The van der Waals surface area contributed by atoms with E-state index < -0.39 is 6.10 Å². The van der Waals surface area contributed by atoms with E-state index in [1.54, 1.807) is 0 Å². The van der Waals surface area contributed by atoms with Gasteiger partial charge in [0.25, 0.3) is 0 Å². The molecular formula is C54H94O6. The molecule has 0 fully saturated rings. The Hall–Kier alpha value is -2.89. The van der Waals surface area contributed by atoms with Crippen molar-refractivity contribution in [2.45, 2.75) is 252 Å². The summed E-state index contributed by atoms with van der Waals surface area (Å²) in [5.74, 6) is -0.912.